The molecule has 1 atom stereocenters. The van der Waals surface area contributed by atoms with Gasteiger partial charge in [-0.15, -0.1) is 0 Å². The van der Waals surface area contributed by atoms with Crippen molar-refractivity contribution in [2.45, 2.75) is 26.1 Å². The number of carbonyl (C=O) groups excluding carboxylic acids is 2. The van der Waals surface area contributed by atoms with Crippen molar-refractivity contribution in [2.24, 2.45) is 11.7 Å². The number of nitrogens with one attached hydrogen (secondary N) is 2. The van der Waals surface area contributed by atoms with Crippen LogP contribution in [-0.4, -0.2) is 17.9 Å². The minimum Gasteiger partial charge on any atom is -0.372 e. The second kappa shape index (κ2) is 8.52. The molecule has 0 saturated heterocycles. The maximum atomic E-state index is 12.8. The predicted molar refractivity (Wildman–Crippen MR) is 102 cm³/mol. The van der Waals surface area contributed by atoms with E-state index in [1.807, 2.05) is 0 Å². The largest absolute Gasteiger partial charge is 0.416 e. The van der Waals surface area contributed by atoms with Crippen molar-refractivity contribution in [3.8, 4) is 0 Å². The van der Waals surface area contributed by atoms with E-state index in [9.17, 15) is 22.8 Å². The highest BCUT2D eigenvalue weighted by molar-refractivity contribution is 6.33. The van der Waals surface area contributed by atoms with Crippen molar-refractivity contribution in [3.05, 3.63) is 58.6 Å². The summed E-state index contributed by atoms with van der Waals surface area (Å²) in [4.78, 5) is 23.7. The van der Waals surface area contributed by atoms with Crippen molar-refractivity contribution in [1.82, 2.24) is 0 Å². The zero-order valence-corrected chi connectivity index (χ0v) is 15.9. The number of alkyl halides is 3. The summed E-state index contributed by atoms with van der Waals surface area (Å²) in [6, 6.07) is 8.14. The SMILES string of the molecule is CC(C)[C@@H](Nc1ccc(C(F)(F)F)cc1Cl)C(=O)Nc1ccc(C(N)=O)cc1. The fourth-order valence-electron chi connectivity index (χ4n) is 2.45. The molecule has 0 saturated carbocycles. The van der Waals surface area contributed by atoms with Crippen LogP contribution < -0.4 is 16.4 Å². The van der Waals surface area contributed by atoms with Gasteiger partial charge in [0.05, 0.1) is 16.3 Å². The van der Waals surface area contributed by atoms with Gasteiger partial charge in [-0.1, -0.05) is 25.4 Å². The van der Waals surface area contributed by atoms with Crippen LogP contribution in [0, 0.1) is 5.92 Å². The smallest absolute Gasteiger partial charge is 0.372 e. The maximum absolute atomic E-state index is 12.8. The molecule has 0 fully saturated rings. The molecule has 2 amide bonds. The fraction of sp³-hybridized carbons (Fsp3) is 0.263. The summed E-state index contributed by atoms with van der Waals surface area (Å²) in [5, 5.41) is 5.44. The summed E-state index contributed by atoms with van der Waals surface area (Å²) in [6.45, 7) is 3.57. The molecule has 0 aliphatic rings. The number of halogens is 4. The number of anilines is 2. The van der Waals surface area contributed by atoms with Crippen molar-refractivity contribution in [3.63, 3.8) is 0 Å². The summed E-state index contributed by atoms with van der Waals surface area (Å²) in [5.74, 6) is -1.18. The Morgan fingerprint density at radius 1 is 1.07 bits per heavy atom. The minimum atomic E-state index is -4.51. The molecule has 2 aromatic carbocycles. The number of hydrogen-bond acceptors (Lipinski definition) is 3. The zero-order valence-electron chi connectivity index (χ0n) is 15.1. The van der Waals surface area contributed by atoms with E-state index in [0.29, 0.717) is 11.3 Å². The first-order chi connectivity index (χ1) is 13.0. The quantitative estimate of drug-likeness (QED) is 0.650. The van der Waals surface area contributed by atoms with E-state index in [1.54, 1.807) is 13.8 Å². The molecule has 0 bridgehead atoms. The number of primary amides is 1. The normalized spacial score (nSPS) is 12.5. The number of carbonyl (C=O) groups is 2. The highest BCUT2D eigenvalue weighted by Gasteiger charge is 2.31. The highest BCUT2D eigenvalue weighted by atomic mass is 35.5. The average molecular weight is 414 g/mol. The van der Waals surface area contributed by atoms with E-state index in [1.165, 1.54) is 30.3 Å². The van der Waals surface area contributed by atoms with Crippen LogP contribution in [0.5, 0.6) is 0 Å². The molecule has 2 rings (SSSR count). The number of hydrogen-bond donors (Lipinski definition) is 3. The standard InChI is InChI=1S/C19H19ClF3N3O2/c1-10(2)16(18(28)25-13-6-3-11(4-7-13)17(24)27)26-15-8-5-12(9-14(15)20)19(21,22)23/h3-10,16,26H,1-2H3,(H2,24,27)(H,25,28)/t16-/m1/s1. The van der Waals surface area contributed by atoms with Gasteiger partial charge in [-0.25, -0.2) is 0 Å². The van der Waals surface area contributed by atoms with Gasteiger partial charge in [0.25, 0.3) is 0 Å². The van der Waals surface area contributed by atoms with E-state index in [-0.39, 0.29) is 16.6 Å². The predicted octanol–water partition coefficient (Wildman–Crippen LogP) is 4.53. The van der Waals surface area contributed by atoms with Gasteiger partial charge in [-0.05, 0) is 48.4 Å². The molecule has 0 heterocycles. The molecule has 0 radical (unpaired) electrons. The van der Waals surface area contributed by atoms with Gasteiger partial charge in [0.15, 0.2) is 0 Å². The van der Waals surface area contributed by atoms with Gasteiger partial charge < -0.3 is 16.4 Å². The second-order valence-electron chi connectivity index (χ2n) is 6.49. The molecular weight excluding hydrogens is 395 g/mol. The Morgan fingerprint density at radius 3 is 2.14 bits per heavy atom. The zero-order chi connectivity index (χ0) is 21.1. The molecular formula is C19H19ClF3N3O2. The van der Waals surface area contributed by atoms with E-state index >= 15 is 0 Å². The van der Waals surface area contributed by atoms with Gasteiger partial charge in [-0.3, -0.25) is 9.59 Å². The van der Waals surface area contributed by atoms with E-state index < -0.39 is 29.6 Å². The van der Waals surface area contributed by atoms with Gasteiger partial charge >= 0.3 is 6.18 Å². The molecule has 150 valence electrons. The van der Waals surface area contributed by atoms with Crippen LogP contribution in [0.1, 0.15) is 29.8 Å². The van der Waals surface area contributed by atoms with Crippen LogP contribution in [-0.2, 0) is 11.0 Å². The Kier molecular flexibility index (Phi) is 6.56. The van der Waals surface area contributed by atoms with E-state index in [0.717, 1.165) is 12.1 Å². The molecule has 0 aliphatic carbocycles. The number of rotatable bonds is 6. The molecule has 0 spiro atoms. The highest BCUT2D eigenvalue weighted by Crippen LogP contribution is 2.34. The lowest BCUT2D eigenvalue weighted by Gasteiger charge is -2.24. The second-order valence-corrected chi connectivity index (χ2v) is 6.90. The first kappa shape index (κ1) is 21.6. The van der Waals surface area contributed by atoms with Gasteiger partial charge in [-0.2, -0.15) is 13.2 Å². The van der Waals surface area contributed by atoms with Crippen LogP contribution >= 0.6 is 11.6 Å². The van der Waals surface area contributed by atoms with Gasteiger partial charge in [0.2, 0.25) is 11.8 Å². The summed E-state index contributed by atoms with van der Waals surface area (Å²) in [7, 11) is 0. The molecule has 5 nitrogen and oxygen atoms in total. The Morgan fingerprint density at radius 2 is 1.68 bits per heavy atom. The first-order valence-corrected chi connectivity index (χ1v) is 8.71. The third-order valence-electron chi connectivity index (χ3n) is 3.99. The number of benzene rings is 2. The Bertz CT molecular complexity index is 868. The monoisotopic (exact) mass is 413 g/mol. The first-order valence-electron chi connectivity index (χ1n) is 8.33. The lowest BCUT2D eigenvalue weighted by molar-refractivity contribution is -0.137. The van der Waals surface area contributed by atoms with Crippen molar-refractivity contribution in [2.75, 3.05) is 10.6 Å². The summed E-state index contributed by atoms with van der Waals surface area (Å²) >= 11 is 5.96. The van der Waals surface area contributed by atoms with Crippen LogP contribution in [0.4, 0.5) is 24.5 Å². The molecule has 0 aliphatic heterocycles. The van der Waals surface area contributed by atoms with E-state index in [2.05, 4.69) is 10.6 Å². The Hall–Kier alpha value is -2.74. The minimum absolute atomic E-state index is 0.140. The molecule has 9 heteroatoms. The Labute approximate surface area is 165 Å². The topological polar surface area (TPSA) is 84.2 Å². The van der Waals surface area contributed by atoms with Crippen LogP contribution in [0.3, 0.4) is 0 Å². The van der Waals surface area contributed by atoms with Crippen LogP contribution in [0.15, 0.2) is 42.5 Å². The van der Waals surface area contributed by atoms with Gasteiger partial charge in [0.1, 0.15) is 6.04 Å². The van der Waals surface area contributed by atoms with Crippen molar-refractivity contribution >= 4 is 34.8 Å². The van der Waals surface area contributed by atoms with Crippen LogP contribution in [0.2, 0.25) is 5.02 Å². The van der Waals surface area contributed by atoms with Crippen molar-refractivity contribution in [1.29, 1.82) is 0 Å². The summed E-state index contributed by atoms with van der Waals surface area (Å²) in [5.41, 5.74) is 5.26. The molecule has 4 N–H and O–H groups in total. The lowest BCUT2D eigenvalue weighted by atomic mass is 10.0. The summed E-state index contributed by atoms with van der Waals surface area (Å²) < 4.78 is 38.3. The van der Waals surface area contributed by atoms with E-state index in [4.69, 9.17) is 17.3 Å². The lowest BCUT2D eigenvalue weighted by Crippen LogP contribution is -2.39. The maximum Gasteiger partial charge on any atom is 0.416 e. The Balaban J connectivity index is 2.16. The van der Waals surface area contributed by atoms with Crippen LogP contribution in [0.25, 0.3) is 0 Å². The third-order valence-corrected chi connectivity index (χ3v) is 4.31. The molecule has 0 unspecified atom stereocenters. The molecule has 0 aromatic heterocycles. The van der Waals surface area contributed by atoms with Crippen molar-refractivity contribution < 1.29 is 22.8 Å². The molecule has 2 aromatic rings. The number of amides is 2. The fourth-order valence-corrected chi connectivity index (χ4v) is 2.68. The van der Waals surface area contributed by atoms with Gasteiger partial charge in [0, 0.05) is 11.3 Å². The summed E-state index contributed by atoms with van der Waals surface area (Å²) in [6.07, 6.45) is -4.51. The average Bonchev–Trinajstić information content (AvgIpc) is 2.59. The third kappa shape index (κ3) is 5.39. The molecule has 28 heavy (non-hydrogen) atoms. The number of nitrogens with two attached hydrogens (primary N) is 1.